The van der Waals surface area contributed by atoms with Crippen LogP contribution >= 0.6 is 0 Å². The summed E-state index contributed by atoms with van der Waals surface area (Å²) in [5.41, 5.74) is 1.24. The monoisotopic (exact) mass is 208 g/mol. The molecule has 0 amide bonds. The summed E-state index contributed by atoms with van der Waals surface area (Å²) in [5, 5.41) is 8.72. The van der Waals surface area contributed by atoms with Crippen molar-refractivity contribution < 1.29 is 9.84 Å². The van der Waals surface area contributed by atoms with Crippen LogP contribution in [0.3, 0.4) is 0 Å². The summed E-state index contributed by atoms with van der Waals surface area (Å²) in [6.45, 7) is 4.87. The van der Waals surface area contributed by atoms with Crippen molar-refractivity contribution in [3.63, 3.8) is 0 Å². The van der Waals surface area contributed by atoms with E-state index in [1.807, 2.05) is 18.2 Å². The van der Waals surface area contributed by atoms with Gasteiger partial charge in [0.05, 0.1) is 6.61 Å². The van der Waals surface area contributed by atoms with Gasteiger partial charge in [0.15, 0.2) is 0 Å². The maximum Gasteiger partial charge on any atom is 0.122 e. The molecule has 1 aromatic carbocycles. The topological polar surface area (TPSA) is 29.5 Å². The molecule has 15 heavy (non-hydrogen) atoms. The molecule has 0 aliphatic carbocycles. The molecule has 0 aliphatic heterocycles. The van der Waals surface area contributed by atoms with Gasteiger partial charge in [-0.05, 0) is 24.0 Å². The van der Waals surface area contributed by atoms with Crippen molar-refractivity contribution in [3.05, 3.63) is 29.8 Å². The highest BCUT2D eigenvalue weighted by Crippen LogP contribution is 2.22. The Kier molecular flexibility index (Phi) is 5.19. The van der Waals surface area contributed by atoms with Gasteiger partial charge in [-0.25, -0.2) is 0 Å². The Labute approximate surface area is 91.9 Å². The number of aliphatic hydroxyl groups is 1. The van der Waals surface area contributed by atoms with Crippen LogP contribution in [0.25, 0.3) is 0 Å². The number of para-hydroxylation sites is 1. The van der Waals surface area contributed by atoms with E-state index >= 15 is 0 Å². The summed E-state index contributed by atoms with van der Waals surface area (Å²) in [6, 6.07) is 8.06. The van der Waals surface area contributed by atoms with E-state index in [4.69, 9.17) is 9.84 Å². The predicted molar refractivity (Wildman–Crippen MR) is 62.2 cm³/mol. The zero-order valence-corrected chi connectivity index (χ0v) is 9.57. The number of ether oxygens (including phenoxy) is 1. The van der Waals surface area contributed by atoms with Gasteiger partial charge < -0.3 is 9.84 Å². The Hall–Kier alpha value is -1.02. The highest BCUT2D eigenvalue weighted by atomic mass is 16.5. The smallest absolute Gasteiger partial charge is 0.122 e. The van der Waals surface area contributed by atoms with Gasteiger partial charge in [-0.15, -0.1) is 0 Å². The van der Waals surface area contributed by atoms with Crippen molar-refractivity contribution in [2.24, 2.45) is 5.92 Å². The van der Waals surface area contributed by atoms with Crippen LogP contribution in [0, 0.1) is 5.92 Å². The third-order valence-corrected chi connectivity index (χ3v) is 2.59. The zero-order chi connectivity index (χ0) is 11.1. The maximum atomic E-state index is 8.72. The third-order valence-electron chi connectivity index (χ3n) is 2.59. The first kappa shape index (κ1) is 12.1. The third kappa shape index (κ3) is 3.92. The molecular weight excluding hydrogens is 188 g/mol. The highest BCUT2D eigenvalue weighted by molar-refractivity contribution is 5.33. The van der Waals surface area contributed by atoms with E-state index in [1.165, 1.54) is 12.0 Å². The van der Waals surface area contributed by atoms with Crippen LogP contribution < -0.4 is 4.74 Å². The van der Waals surface area contributed by atoms with E-state index in [0.29, 0.717) is 12.5 Å². The average Bonchev–Trinajstić information content (AvgIpc) is 2.28. The van der Waals surface area contributed by atoms with Gasteiger partial charge in [0, 0.05) is 0 Å². The summed E-state index contributed by atoms with van der Waals surface area (Å²) in [7, 11) is 0. The first-order chi connectivity index (χ1) is 7.27. The van der Waals surface area contributed by atoms with Crippen LogP contribution in [0.15, 0.2) is 24.3 Å². The van der Waals surface area contributed by atoms with E-state index in [9.17, 15) is 0 Å². The molecule has 0 aromatic heterocycles. The zero-order valence-electron chi connectivity index (χ0n) is 9.57. The van der Waals surface area contributed by atoms with Crippen molar-refractivity contribution in [3.8, 4) is 5.75 Å². The van der Waals surface area contributed by atoms with Crippen LogP contribution in [0.5, 0.6) is 5.75 Å². The average molecular weight is 208 g/mol. The second-order valence-electron chi connectivity index (χ2n) is 3.90. The predicted octanol–water partition coefficient (Wildman–Crippen LogP) is 2.65. The summed E-state index contributed by atoms with van der Waals surface area (Å²) >= 11 is 0. The lowest BCUT2D eigenvalue weighted by Gasteiger charge is -2.13. The van der Waals surface area contributed by atoms with Gasteiger partial charge in [-0.2, -0.15) is 0 Å². The minimum absolute atomic E-state index is 0.0671. The second kappa shape index (κ2) is 6.46. The standard InChI is InChI=1S/C13H20O2/c1-3-11(2)10-12-6-4-5-7-13(12)15-9-8-14/h4-7,11,14H,3,8-10H2,1-2H3/t11-/m1/s1. The molecule has 0 bridgehead atoms. The Morgan fingerprint density at radius 2 is 2.07 bits per heavy atom. The first-order valence-corrected chi connectivity index (χ1v) is 5.59. The second-order valence-corrected chi connectivity index (χ2v) is 3.90. The summed E-state index contributed by atoms with van der Waals surface area (Å²) in [4.78, 5) is 0. The van der Waals surface area contributed by atoms with Gasteiger partial charge in [0.25, 0.3) is 0 Å². The van der Waals surface area contributed by atoms with Gasteiger partial charge in [0.2, 0.25) is 0 Å². The molecule has 1 aromatic rings. The minimum Gasteiger partial charge on any atom is -0.491 e. The normalized spacial score (nSPS) is 12.5. The molecule has 2 heteroatoms. The van der Waals surface area contributed by atoms with Crippen molar-refractivity contribution in [2.45, 2.75) is 26.7 Å². The molecular formula is C13H20O2. The number of aliphatic hydroxyl groups excluding tert-OH is 1. The number of benzene rings is 1. The number of rotatable bonds is 6. The van der Waals surface area contributed by atoms with Crippen LogP contribution in [-0.4, -0.2) is 18.3 Å². The first-order valence-electron chi connectivity index (χ1n) is 5.59. The Morgan fingerprint density at radius 1 is 1.33 bits per heavy atom. The molecule has 1 rings (SSSR count). The van der Waals surface area contributed by atoms with Crippen LogP contribution in [0.1, 0.15) is 25.8 Å². The molecule has 2 nitrogen and oxygen atoms in total. The maximum absolute atomic E-state index is 8.72. The van der Waals surface area contributed by atoms with Crippen LogP contribution in [0.2, 0.25) is 0 Å². The molecule has 84 valence electrons. The lowest BCUT2D eigenvalue weighted by Crippen LogP contribution is -2.05. The fourth-order valence-electron chi connectivity index (χ4n) is 1.49. The molecule has 0 saturated carbocycles. The van der Waals surface area contributed by atoms with Crippen molar-refractivity contribution in [1.82, 2.24) is 0 Å². The molecule has 0 saturated heterocycles. The molecule has 1 atom stereocenters. The van der Waals surface area contributed by atoms with E-state index in [2.05, 4.69) is 19.9 Å². The van der Waals surface area contributed by atoms with E-state index in [-0.39, 0.29) is 6.61 Å². The van der Waals surface area contributed by atoms with E-state index in [1.54, 1.807) is 0 Å². The quantitative estimate of drug-likeness (QED) is 0.778. The summed E-state index contributed by atoms with van der Waals surface area (Å²) in [6.07, 6.45) is 2.21. The molecule has 0 spiro atoms. The fourth-order valence-corrected chi connectivity index (χ4v) is 1.49. The number of hydrogen-bond donors (Lipinski definition) is 1. The van der Waals surface area contributed by atoms with Crippen molar-refractivity contribution >= 4 is 0 Å². The highest BCUT2D eigenvalue weighted by Gasteiger charge is 2.06. The Morgan fingerprint density at radius 3 is 2.73 bits per heavy atom. The molecule has 0 radical (unpaired) electrons. The SMILES string of the molecule is CC[C@@H](C)Cc1ccccc1OCCO. The lowest BCUT2D eigenvalue weighted by atomic mass is 9.98. The van der Waals surface area contributed by atoms with Gasteiger partial charge in [0.1, 0.15) is 12.4 Å². The fraction of sp³-hybridized carbons (Fsp3) is 0.538. The summed E-state index contributed by atoms with van der Waals surface area (Å²) < 4.78 is 5.48. The Balaban J connectivity index is 2.67. The molecule has 0 aliphatic rings. The minimum atomic E-state index is 0.0671. The molecule has 0 heterocycles. The van der Waals surface area contributed by atoms with E-state index in [0.717, 1.165) is 12.2 Å². The van der Waals surface area contributed by atoms with Gasteiger partial charge in [-0.3, -0.25) is 0 Å². The largest absolute Gasteiger partial charge is 0.491 e. The van der Waals surface area contributed by atoms with E-state index < -0.39 is 0 Å². The lowest BCUT2D eigenvalue weighted by molar-refractivity contribution is 0.200. The van der Waals surface area contributed by atoms with Gasteiger partial charge >= 0.3 is 0 Å². The number of hydrogen-bond acceptors (Lipinski definition) is 2. The Bertz CT molecular complexity index is 284. The molecule has 0 unspecified atom stereocenters. The van der Waals surface area contributed by atoms with Gasteiger partial charge in [-0.1, -0.05) is 38.5 Å². The summed E-state index contributed by atoms with van der Waals surface area (Å²) in [5.74, 6) is 1.58. The molecule has 0 fully saturated rings. The van der Waals surface area contributed by atoms with Crippen molar-refractivity contribution in [2.75, 3.05) is 13.2 Å². The van der Waals surface area contributed by atoms with Crippen LogP contribution in [0.4, 0.5) is 0 Å². The molecule has 1 N–H and O–H groups in total. The van der Waals surface area contributed by atoms with Crippen molar-refractivity contribution in [1.29, 1.82) is 0 Å². The van der Waals surface area contributed by atoms with Crippen LogP contribution in [-0.2, 0) is 6.42 Å².